The van der Waals surface area contributed by atoms with Gasteiger partial charge in [-0.15, -0.1) is 0 Å². The normalized spacial score (nSPS) is 10.5. The SMILES string of the molecule is Cc1cccc(C)c1NC(=O)CNC(=O)c1nn(-c2ccccc2F)c(C)cc1=O. The zero-order valence-electron chi connectivity index (χ0n) is 16.8. The molecule has 0 bridgehead atoms. The second-order valence-corrected chi connectivity index (χ2v) is 6.86. The van der Waals surface area contributed by atoms with Crippen molar-refractivity contribution in [2.24, 2.45) is 0 Å². The summed E-state index contributed by atoms with van der Waals surface area (Å²) >= 11 is 0. The predicted octanol–water partition coefficient (Wildman–Crippen LogP) is 2.67. The van der Waals surface area contributed by atoms with E-state index >= 15 is 0 Å². The Balaban J connectivity index is 1.77. The Morgan fingerprint density at radius 2 is 1.70 bits per heavy atom. The van der Waals surface area contributed by atoms with Crippen LogP contribution in [0, 0.1) is 26.6 Å². The van der Waals surface area contributed by atoms with Crippen LogP contribution < -0.4 is 16.1 Å². The lowest BCUT2D eigenvalue weighted by atomic mass is 10.1. The molecule has 0 saturated heterocycles. The van der Waals surface area contributed by atoms with Crippen LogP contribution in [0.4, 0.5) is 10.1 Å². The molecular weight excluding hydrogens is 387 g/mol. The zero-order chi connectivity index (χ0) is 21.8. The smallest absolute Gasteiger partial charge is 0.276 e. The average Bonchev–Trinajstić information content (AvgIpc) is 2.70. The highest BCUT2D eigenvalue weighted by Crippen LogP contribution is 2.19. The largest absolute Gasteiger partial charge is 0.341 e. The molecule has 0 aliphatic heterocycles. The van der Waals surface area contributed by atoms with Crippen molar-refractivity contribution in [1.29, 1.82) is 0 Å². The standard InChI is InChI=1S/C22H21FN4O3/c1-13-7-6-8-14(2)20(13)25-19(29)12-24-22(30)21-18(28)11-15(3)27(26-21)17-10-5-4-9-16(17)23/h4-11H,12H2,1-3H3,(H,24,30)(H,25,29). The molecule has 30 heavy (non-hydrogen) atoms. The molecule has 2 aromatic carbocycles. The van der Waals surface area contributed by atoms with Crippen molar-refractivity contribution >= 4 is 17.5 Å². The molecule has 2 amide bonds. The van der Waals surface area contributed by atoms with Gasteiger partial charge in [0, 0.05) is 17.4 Å². The Morgan fingerprint density at radius 1 is 1.03 bits per heavy atom. The van der Waals surface area contributed by atoms with Crippen LogP contribution in [0.5, 0.6) is 0 Å². The van der Waals surface area contributed by atoms with E-state index < -0.39 is 28.8 Å². The number of benzene rings is 2. The minimum Gasteiger partial charge on any atom is -0.341 e. The third-order valence-electron chi connectivity index (χ3n) is 4.56. The molecule has 0 spiro atoms. The lowest BCUT2D eigenvalue weighted by molar-refractivity contribution is -0.115. The fourth-order valence-corrected chi connectivity index (χ4v) is 3.01. The van der Waals surface area contributed by atoms with Gasteiger partial charge in [0.15, 0.2) is 5.69 Å². The lowest BCUT2D eigenvalue weighted by Crippen LogP contribution is -2.37. The van der Waals surface area contributed by atoms with Crippen LogP contribution in [0.1, 0.15) is 27.3 Å². The van der Waals surface area contributed by atoms with Crippen LogP contribution in [0.3, 0.4) is 0 Å². The van der Waals surface area contributed by atoms with Gasteiger partial charge in [-0.3, -0.25) is 14.4 Å². The van der Waals surface area contributed by atoms with E-state index in [2.05, 4.69) is 15.7 Å². The second kappa shape index (κ2) is 8.69. The summed E-state index contributed by atoms with van der Waals surface area (Å²) in [6, 6.07) is 12.7. The minimum absolute atomic E-state index is 0.108. The zero-order valence-corrected chi connectivity index (χ0v) is 16.8. The molecule has 0 saturated carbocycles. The van der Waals surface area contributed by atoms with E-state index in [0.29, 0.717) is 11.4 Å². The molecule has 0 aliphatic carbocycles. The number of rotatable bonds is 5. The highest BCUT2D eigenvalue weighted by atomic mass is 19.1. The van der Waals surface area contributed by atoms with Gasteiger partial charge in [-0.05, 0) is 44.0 Å². The summed E-state index contributed by atoms with van der Waals surface area (Å²) in [5.41, 5.74) is 1.89. The van der Waals surface area contributed by atoms with E-state index in [-0.39, 0.29) is 12.2 Å². The van der Waals surface area contributed by atoms with E-state index in [4.69, 9.17) is 0 Å². The third kappa shape index (κ3) is 4.43. The Hall–Kier alpha value is -3.81. The molecule has 7 nitrogen and oxygen atoms in total. The molecule has 0 atom stereocenters. The molecule has 0 aliphatic rings. The van der Waals surface area contributed by atoms with Crippen molar-refractivity contribution in [2.45, 2.75) is 20.8 Å². The molecule has 8 heteroatoms. The van der Waals surface area contributed by atoms with Gasteiger partial charge in [-0.25, -0.2) is 9.07 Å². The lowest BCUT2D eigenvalue weighted by Gasteiger charge is -2.13. The highest BCUT2D eigenvalue weighted by Gasteiger charge is 2.17. The van der Waals surface area contributed by atoms with Gasteiger partial charge in [0.1, 0.15) is 11.5 Å². The summed E-state index contributed by atoms with van der Waals surface area (Å²) in [6.07, 6.45) is 0. The maximum absolute atomic E-state index is 14.1. The van der Waals surface area contributed by atoms with Gasteiger partial charge in [0.05, 0.1) is 6.54 Å². The topological polar surface area (TPSA) is 93.1 Å². The summed E-state index contributed by atoms with van der Waals surface area (Å²) in [6.45, 7) is 4.97. The third-order valence-corrected chi connectivity index (χ3v) is 4.56. The number of para-hydroxylation sites is 2. The van der Waals surface area contributed by atoms with Crippen molar-refractivity contribution in [2.75, 3.05) is 11.9 Å². The number of aryl methyl sites for hydroxylation is 3. The fourth-order valence-electron chi connectivity index (χ4n) is 3.01. The van der Waals surface area contributed by atoms with Gasteiger partial charge in [-0.1, -0.05) is 30.3 Å². The molecule has 1 heterocycles. The van der Waals surface area contributed by atoms with Crippen molar-refractivity contribution in [1.82, 2.24) is 15.1 Å². The Morgan fingerprint density at radius 3 is 2.37 bits per heavy atom. The van der Waals surface area contributed by atoms with Crippen molar-refractivity contribution in [3.63, 3.8) is 0 Å². The van der Waals surface area contributed by atoms with E-state index in [1.807, 2.05) is 32.0 Å². The van der Waals surface area contributed by atoms with Gasteiger partial charge in [-0.2, -0.15) is 5.10 Å². The molecule has 1 aromatic heterocycles. The van der Waals surface area contributed by atoms with Crippen molar-refractivity contribution < 1.29 is 14.0 Å². The summed E-state index contributed by atoms with van der Waals surface area (Å²) in [4.78, 5) is 37.0. The van der Waals surface area contributed by atoms with Gasteiger partial charge in [0.2, 0.25) is 11.3 Å². The molecule has 154 valence electrons. The van der Waals surface area contributed by atoms with E-state index in [1.165, 1.54) is 28.9 Å². The molecule has 2 N–H and O–H groups in total. The molecular formula is C22H21FN4O3. The Bertz CT molecular complexity index is 1170. The Kier molecular flexibility index (Phi) is 6.06. The molecule has 0 fully saturated rings. The summed E-state index contributed by atoms with van der Waals surface area (Å²) in [5.74, 6) is -1.81. The van der Waals surface area contributed by atoms with Gasteiger partial charge < -0.3 is 10.6 Å². The van der Waals surface area contributed by atoms with E-state index in [1.54, 1.807) is 13.0 Å². The first-order valence-corrected chi connectivity index (χ1v) is 9.28. The van der Waals surface area contributed by atoms with Crippen LogP contribution in [-0.4, -0.2) is 28.1 Å². The first-order valence-electron chi connectivity index (χ1n) is 9.28. The maximum atomic E-state index is 14.1. The quantitative estimate of drug-likeness (QED) is 0.679. The number of nitrogens with one attached hydrogen (secondary N) is 2. The van der Waals surface area contributed by atoms with Crippen molar-refractivity contribution in [3.05, 3.63) is 87.1 Å². The Labute approximate surface area is 172 Å². The highest BCUT2D eigenvalue weighted by molar-refractivity contribution is 5.98. The number of anilines is 1. The summed E-state index contributed by atoms with van der Waals surface area (Å²) in [7, 11) is 0. The summed E-state index contributed by atoms with van der Waals surface area (Å²) < 4.78 is 15.3. The summed E-state index contributed by atoms with van der Waals surface area (Å²) in [5, 5.41) is 9.15. The van der Waals surface area contributed by atoms with Crippen molar-refractivity contribution in [3.8, 4) is 5.69 Å². The van der Waals surface area contributed by atoms with Crippen LogP contribution >= 0.6 is 0 Å². The molecule has 0 unspecified atom stereocenters. The number of halogens is 1. The van der Waals surface area contributed by atoms with E-state index in [9.17, 15) is 18.8 Å². The van der Waals surface area contributed by atoms with Gasteiger partial charge >= 0.3 is 0 Å². The number of aromatic nitrogens is 2. The number of hydrogen-bond acceptors (Lipinski definition) is 4. The van der Waals surface area contributed by atoms with E-state index in [0.717, 1.165) is 11.1 Å². The number of carbonyl (C=O) groups is 2. The predicted molar refractivity (Wildman–Crippen MR) is 111 cm³/mol. The number of carbonyl (C=O) groups excluding carboxylic acids is 2. The number of hydrogen-bond donors (Lipinski definition) is 2. The molecule has 0 radical (unpaired) electrons. The fraction of sp³-hybridized carbons (Fsp3) is 0.182. The second-order valence-electron chi connectivity index (χ2n) is 6.86. The molecule has 3 aromatic rings. The minimum atomic E-state index is -0.818. The average molecular weight is 408 g/mol. The first-order chi connectivity index (χ1) is 14.3. The monoisotopic (exact) mass is 408 g/mol. The van der Waals surface area contributed by atoms with Crippen LogP contribution in [-0.2, 0) is 4.79 Å². The number of amides is 2. The first kappa shape index (κ1) is 20.9. The van der Waals surface area contributed by atoms with Crippen LogP contribution in [0.25, 0.3) is 5.69 Å². The number of nitrogens with zero attached hydrogens (tertiary/aromatic N) is 2. The molecule has 3 rings (SSSR count). The van der Waals surface area contributed by atoms with Crippen LogP contribution in [0.15, 0.2) is 53.3 Å². The van der Waals surface area contributed by atoms with Crippen LogP contribution in [0.2, 0.25) is 0 Å². The van der Waals surface area contributed by atoms with Gasteiger partial charge in [0.25, 0.3) is 5.91 Å². The maximum Gasteiger partial charge on any atom is 0.276 e.